The zero-order chi connectivity index (χ0) is 11.4. The molecule has 3 nitrogen and oxygen atoms in total. The Morgan fingerprint density at radius 2 is 2.13 bits per heavy atom. The fourth-order valence-corrected chi connectivity index (χ4v) is 1.66. The van der Waals surface area contributed by atoms with Gasteiger partial charge in [0.15, 0.2) is 0 Å². The maximum absolute atomic E-state index is 9.23. The summed E-state index contributed by atoms with van der Waals surface area (Å²) in [6, 6.07) is 5.46. The number of nitrogens with two attached hydrogens (primary N) is 1. The van der Waals surface area contributed by atoms with Gasteiger partial charge >= 0.3 is 0 Å². The number of aliphatic hydroxyl groups is 1. The highest BCUT2D eigenvalue weighted by Crippen LogP contribution is 2.24. The molecule has 0 aliphatic rings. The monoisotopic (exact) mass is 228 g/mol. The van der Waals surface area contributed by atoms with Gasteiger partial charge in [-0.05, 0) is 38.5 Å². The molecular weight excluding hydrogens is 212 g/mol. The van der Waals surface area contributed by atoms with Gasteiger partial charge in [-0.15, -0.1) is 0 Å². The number of aliphatic hydroxyl groups excluding tert-OH is 1. The van der Waals surface area contributed by atoms with Crippen LogP contribution in [0.4, 0.5) is 11.4 Å². The van der Waals surface area contributed by atoms with Gasteiger partial charge in [0.2, 0.25) is 0 Å². The number of nitrogens with one attached hydrogen (secondary N) is 1. The van der Waals surface area contributed by atoms with Crippen LogP contribution in [0.5, 0.6) is 0 Å². The largest absolute Gasteiger partial charge is 0.397 e. The van der Waals surface area contributed by atoms with Crippen LogP contribution in [-0.2, 0) is 0 Å². The Balaban J connectivity index is 2.67. The van der Waals surface area contributed by atoms with Gasteiger partial charge in [-0.1, -0.05) is 11.6 Å². The third kappa shape index (κ3) is 3.98. The zero-order valence-electron chi connectivity index (χ0n) is 9.00. The van der Waals surface area contributed by atoms with E-state index in [9.17, 15) is 5.11 Å². The van der Waals surface area contributed by atoms with Crippen molar-refractivity contribution in [3.8, 4) is 0 Å². The van der Waals surface area contributed by atoms with Crippen molar-refractivity contribution in [3.63, 3.8) is 0 Å². The van der Waals surface area contributed by atoms with Crippen LogP contribution in [-0.4, -0.2) is 17.3 Å². The van der Waals surface area contributed by atoms with E-state index in [0.717, 1.165) is 5.69 Å². The van der Waals surface area contributed by atoms with Crippen LogP contribution in [0.2, 0.25) is 5.02 Å². The second-order valence-corrected chi connectivity index (χ2v) is 4.30. The highest BCUT2D eigenvalue weighted by molar-refractivity contribution is 6.31. The van der Waals surface area contributed by atoms with E-state index >= 15 is 0 Å². The van der Waals surface area contributed by atoms with Crippen molar-refractivity contribution in [1.82, 2.24) is 0 Å². The predicted molar refractivity (Wildman–Crippen MR) is 65.2 cm³/mol. The molecule has 84 valence electrons. The van der Waals surface area contributed by atoms with Crippen LogP contribution in [0.1, 0.15) is 20.3 Å². The molecule has 0 heterocycles. The normalized spacial score (nSPS) is 14.7. The number of rotatable bonds is 4. The third-order valence-corrected chi connectivity index (χ3v) is 2.35. The Hall–Kier alpha value is -0.930. The average molecular weight is 229 g/mol. The van der Waals surface area contributed by atoms with E-state index in [-0.39, 0.29) is 12.1 Å². The van der Waals surface area contributed by atoms with Gasteiger partial charge in [-0.2, -0.15) is 0 Å². The lowest BCUT2D eigenvalue weighted by molar-refractivity contribution is 0.179. The van der Waals surface area contributed by atoms with Crippen molar-refractivity contribution in [2.45, 2.75) is 32.4 Å². The lowest BCUT2D eigenvalue weighted by Crippen LogP contribution is -2.21. The number of hydrogen-bond acceptors (Lipinski definition) is 3. The molecule has 2 atom stereocenters. The maximum atomic E-state index is 9.23. The van der Waals surface area contributed by atoms with Crippen molar-refractivity contribution in [3.05, 3.63) is 23.2 Å². The summed E-state index contributed by atoms with van der Waals surface area (Å²) in [4.78, 5) is 0. The molecule has 1 aromatic carbocycles. The second kappa shape index (κ2) is 5.24. The first-order chi connectivity index (χ1) is 6.99. The van der Waals surface area contributed by atoms with E-state index in [1.54, 1.807) is 25.1 Å². The number of benzene rings is 1. The molecule has 4 N–H and O–H groups in total. The molecule has 4 heteroatoms. The van der Waals surface area contributed by atoms with Crippen molar-refractivity contribution < 1.29 is 5.11 Å². The molecule has 0 aromatic heterocycles. The smallest absolute Gasteiger partial charge is 0.0590 e. The maximum Gasteiger partial charge on any atom is 0.0590 e. The minimum absolute atomic E-state index is 0.158. The highest BCUT2D eigenvalue weighted by atomic mass is 35.5. The number of anilines is 2. The molecule has 1 aromatic rings. The van der Waals surface area contributed by atoms with Crippen LogP contribution in [0.3, 0.4) is 0 Å². The van der Waals surface area contributed by atoms with Gasteiger partial charge < -0.3 is 16.2 Å². The van der Waals surface area contributed by atoms with E-state index in [4.69, 9.17) is 17.3 Å². The fourth-order valence-electron chi connectivity index (χ4n) is 1.49. The first-order valence-corrected chi connectivity index (χ1v) is 5.36. The summed E-state index contributed by atoms with van der Waals surface area (Å²) in [5.74, 6) is 0. The molecule has 0 aliphatic heterocycles. The Kier molecular flexibility index (Phi) is 4.24. The van der Waals surface area contributed by atoms with E-state index in [2.05, 4.69) is 5.32 Å². The zero-order valence-corrected chi connectivity index (χ0v) is 9.75. The average Bonchev–Trinajstić information content (AvgIpc) is 2.10. The van der Waals surface area contributed by atoms with Crippen LogP contribution >= 0.6 is 11.6 Å². The summed E-state index contributed by atoms with van der Waals surface area (Å²) in [5.41, 5.74) is 7.26. The van der Waals surface area contributed by atoms with Crippen LogP contribution < -0.4 is 11.1 Å². The van der Waals surface area contributed by atoms with Gasteiger partial charge in [0.05, 0.1) is 17.5 Å². The Morgan fingerprint density at radius 3 is 2.73 bits per heavy atom. The molecule has 0 radical (unpaired) electrons. The third-order valence-electron chi connectivity index (χ3n) is 2.11. The molecule has 15 heavy (non-hydrogen) atoms. The lowest BCUT2D eigenvalue weighted by atomic mass is 10.1. The quantitative estimate of drug-likeness (QED) is 0.694. The molecule has 0 bridgehead atoms. The summed E-state index contributed by atoms with van der Waals surface area (Å²) < 4.78 is 0. The molecular formula is C11H17ClN2O. The number of nitrogen functional groups attached to an aromatic ring is 1. The molecule has 0 aliphatic carbocycles. The predicted octanol–water partition coefficient (Wildman–Crippen LogP) is 2.49. The van der Waals surface area contributed by atoms with Crippen LogP contribution in [0.15, 0.2) is 18.2 Å². The Bertz CT molecular complexity index is 328. The molecule has 2 unspecified atom stereocenters. The molecule has 0 saturated carbocycles. The summed E-state index contributed by atoms with van der Waals surface area (Å²) >= 11 is 5.86. The van der Waals surface area contributed by atoms with Crippen molar-refractivity contribution in [1.29, 1.82) is 0 Å². The van der Waals surface area contributed by atoms with E-state index in [1.807, 2.05) is 6.92 Å². The minimum atomic E-state index is -0.326. The van der Waals surface area contributed by atoms with E-state index in [0.29, 0.717) is 17.1 Å². The molecule has 0 saturated heterocycles. The number of halogens is 1. The summed E-state index contributed by atoms with van der Waals surface area (Å²) in [6.07, 6.45) is 0.347. The SMILES string of the molecule is CC(O)CC(C)Nc1cc(Cl)ccc1N. The van der Waals surface area contributed by atoms with Crippen LogP contribution in [0.25, 0.3) is 0 Å². The molecule has 0 amide bonds. The Labute approximate surface area is 95.2 Å². The molecule has 1 rings (SSSR count). The van der Waals surface area contributed by atoms with Gasteiger partial charge in [0, 0.05) is 11.1 Å². The summed E-state index contributed by atoms with van der Waals surface area (Å²) in [7, 11) is 0. The Morgan fingerprint density at radius 1 is 1.47 bits per heavy atom. The topological polar surface area (TPSA) is 58.3 Å². The minimum Gasteiger partial charge on any atom is -0.397 e. The summed E-state index contributed by atoms with van der Waals surface area (Å²) in [5, 5.41) is 13.1. The number of hydrogen-bond donors (Lipinski definition) is 3. The first kappa shape index (κ1) is 12.1. The van der Waals surface area contributed by atoms with Crippen LogP contribution in [0, 0.1) is 0 Å². The van der Waals surface area contributed by atoms with Crippen molar-refractivity contribution in [2.24, 2.45) is 0 Å². The highest BCUT2D eigenvalue weighted by Gasteiger charge is 2.07. The lowest BCUT2D eigenvalue weighted by Gasteiger charge is -2.18. The van der Waals surface area contributed by atoms with Gasteiger partial charge in [-0.25, -0.2) is 0 Å². The molecule has 0 spiro atoms. The second-order valence-electron chi connectivity index (χ2n) is 3.86. The summed E-state index contributed by atoms with van der Waals surface area (Å²) in [6.45, 7) is 3.76. The van der Waals surface area contributed by atoms with E-state index < -0.39 is 0 Å². The standard InChI is InChI=1S/C11H17ClN2O/c1-7(5-8(2)15)14-11-6-9(12)3-4-10(11)13/h3-4,6-8,14-15H,5,13H2,1-2H3. The van der Waals surface area contributed by atoms with Crippen molar-refractivity contribution in [2.75, 3.05) is 11.1 Å². The van der Waals surface area contributed by atoms with Gasteiger partial charge in [0.25, 0.3) is 0 Å². The van der Waals surface area contributed by atoms with Crippen molar-refractivity contribution >= 4 is 23.0 Å². The van der Waals surface area contributed by atoms with Gasteiger partial charge in [-0.3, -0.25) is 0 Å². The van der Waals surface area contributed by atoms with Gasteiger partial charge in [0.1, 0.15) is 0 Å². The molecule has 0 fully saturated rings. The fraction of sp³-hybridized carbons (Fsp3) is 0.455. The van der Waals surface area contributed by atoms with E-state index in [1.165, 1.54) is 0 Å². The first-order valence-electron chi connectivity index (χ1n) is 4.98.